The maximum Gasteiger partial charge on any atom is 0.164 e. The molecule has 0 aliphatic carbocycles. The zero-order chi connectivity index (χ0) is 14.4. The normalized spacial score (nSPS) is 11.8. The summed E-state index contributed by atoms with van der Waals surface area (Å²) in [6.45, 7) is 1.57. The Bertz CT molecular complexity index is 445. The summed E-state index contributed by atoms with van der Waals surface area (Å²) >= 11 is 0. The molecule has 1 unspecified atom stereocenters. The first-order chi connectivity index (χ1) is 9.07. The van der Waals surface area contributed by atoms with E-state index in [0.29, 0.717) is 23.7 Å². The summed E-state index contributed by atoms with van der Waals surface area (Å²) in [5, 5.41) is 3.12. The first-order valence-electron chi connectivity index (χ1n) is 6.04. The van der Waals surface area contributed by atoms with Gasteiger partial charge in [0, 0.05) is 24.1 Å². The van der Waals surface area contributed by atoms with E-state index in [2.05, 4.69) is 5.32 Å². The van der Waals surface area contributed by atoms with Crippen LogP contribution < -0.4 is 19.5 Å². The second-order valence-corrected chi connectivity index (χ2v) is 4.20. The van der Waals surface area contributed by atoms with Gasteiger partial charge in [-0.1, -0.05) is 0 Å². The highest BCUT2D eigenvalue weighted by Crippen LogP contribution is 2.38. The van der Waals surface area contributed by atoms with E-state index >= 15 is 0 Å². The van der Waals surface area contributed by atoms with Crippen LogP contribution in [0.4, 0.5) is 0 Å². The number of nitrogens with one attached hydrogen (secondary N) is 1. The standard InChI is InChI=1S/C14H21NO4/c1-9(16)6-11(15-2)10-7-13(18-4)14(19-5)8-12(10)17-3/h7-8,11,15H,6H2,1-5H3. The van der Waals surface area contributed by atoms with Gasteiger partial charge in [0.1, 0.15) is 11.5 Å². The Morgan fingerprint density at radius 3 is 2.05 bits per heavy atom. The van der Waals surface area contributed by atoms with Crippen molar-refractivity contribution >= 4 is 5.78 Å². The predicted molar refractivity (Wildman–Crippen MR) is 73.2 cm³/mol. The van der Waals surface area contributed by atoms with Crippen molar-refractivity contribution in [3.8, 4) is 17.2 Å². The molecule has 0 saturated carbocycles. The van der Waals surface area contributed by atoms with E-state index in [0.717, 1.165) is 5.56 Å². The number of ketones is 1. The molecule has 0 aromatic heterocycles. The zero-order valence-corrected chi connectivity index (χ0v) is 12.1. The minimum absolute atomic E-state index is 0.108. The molecule has 0 aliphatic rings. The van der Waals surface area contributed by atoms with Crippen LogP contribution in [0.15, 0.2) is 12.1 Å². The number of methoxy groups -OCH3 is 3. The van der Waals surface area contributed by atoms with Crippen LogP contribution in [0.3, 0.4) is 0 Å². The van der Waals surface area contributed by atoms with Crippen molar-refractivity contribution in [2.24, 2.45) is 0 Å². The lowest BCUT2D eigenvalue weighted by atomic mass is 10.00. The number of hydrogen-bond donors (Lipinski definition) is 1. The third-order valence-electron chi connectivity index (χ3n) is 2.95. The van der Waals surface area contributed by atoms with Gasteiger partial charge in [0.25, 0.3) is 0 Å². The average Bonchev–Trinajstić information content (AvgIpc) is 2.42. The maximum atomic E-state index is 11.3. The lowest BCUT2D eigenvalue weighted by Crippen LogP contribution is -2.19. The molecule has 0 bridgehead atoms. The topological polar surface area (TPSA) is 56.8 Å². The second-order valence-electron chi connectivity index (χ2n) is 4.20. The van der Waals surface area contributed by atoms with Crippen molar-refractivity contribution < 1.29 is 19.0 Å². The number of rotatable bonds is 7. The molecule has 5 heteroatoms. The van der Waals surface area contributed by atoms with Gasteiger partial charge in [-0.05, 0) is 20.0 Å². The highest BCUT2D eigenvalue weighted by Gasteiger charge is 2.19. The molecule has 19 heavy (non-hydrogen) atoms. The molecule has 1 aromatic carbocycles. The minimum atomic E-state index is -0.118. The lowest BCUT2D eigenvalue weighted by molar-refractivity contribution is -0.117. The number of carbonyl (C=O) groups is 1. The third-order valence-corrected chi connectivity index (χ3v) is 2.95. The van der Waals surface area contributed by atoms with Crippen LogP contribution in [0, 0.1) is 0 Å². The van der Waals surface area contributed by atoms with Gasteiger partial charge in [-0.2, -0.15) is 0 Å². The molecule has 0 fully saturated rings. The first-order valence-corrected chi connectivity index (χ1v) is 6.04. The van der Waals surface area contributed by atoms with Crippen LogP contribution in [-0.4, -0.2) is 34.2 Å². The van der Waals surface area contributed by atoms with Gasteiger partial charge in [-0.3, -0.25) is 4.79 Å². The van der Waals surface area contributed by atoms with E-state index in [9.17, 15) is 4.79 Å². The Morgan fingerprint density at radius 1 is 1.11 bits per heavy atom. The Morgan fingerprint density at radius 2 is 1.63 bits per heavy atom. The molecule has 1 atom stereocenters. The minimum Gasteiger partial charge on any atom is -0.496 e. The van der Waals surface area contributed by atoms with E-state index in [-0.39, 0.29) is 11.8 Å². The van der Waals surface area contributed by atoms with Crippen molar-refractivity contribution in [1.82, 2.24) is 5.32 Å². The summed E-state index contributed by atoms with van der Waals surface area (Å²) < 4.78 is 15.9. The van der Waals surface area contributed by atoms with Crippen molar-refractivity contribution in [2.45, 2.75) is 19.4 Å². The van der Waals surface area contributed by atoms with Gasteiger partial charge in [-0.25, -0.2) is 0 Å². The van der Waals surface area contributed by atoms with E-state index in [4.69, 9.17) is 14.2 Å². The third kappa shape index (κ3) is 3.61. The molecular formula is C14H21NO4. The summed E-state index contributed by atoms with van der Waals surface area (Å²) in [6, 6.07) is 3.48. The molecular weight excluding hydrogens is 246 g/mol. The van der Waals surface area contributed by atoms with E-state index in [1.54, 1.807) is 34.3 Å². The first kappa shape index (κ1) is 15.3. The van der Waals surface area contributed by atoms with Crippen LogP contribution in [0.25, 0.3) is 0 Å². The fourth-order valence-corrected chi connectivity index (χ4v) is 1.98. The van der Waals surface area contributed by atoms with E-state index in [1.807, 2.05) is 13.1 Å². The van der Waals surface area contributed by atoms with Gasteiger partial charge < -0.3 is 19.5 Å². The maximum absolute atomic E-state index is 11.3. The highest BCUT2D eigenvalue weighted by atomic mass is 16.5. The number of ether oxygens (including phenoxy) is 3. The summed E-state index contributed by atoms with van der Waals surface area (Å²) in [5.74, 6) is 1.98. The van der Waals surface area contributed by atoms with Crippen molar-refractivity contribution in [3.05, 3.63) is 17.7 Å². The summed E-state index contributed by atoms with van der Waals surface area (Å²) in [7, 11) is 6.55. The monoisotopic (exact) mass is 267 g/mol. The summed E-state index contributed by atoms with van der Waals surface area (Å²) in [4.78, 5) is 11.3. The molecule has 0 saturated heterocycles. The van der Waals surface area contributed by atoms with Crippen LogP contribution in [0.2, 0.25) is 0 Å². The molecule has 1 N–H and O–H groups in total. The van der Waals surface area contributed by atoms with Gasteiger partial charge in [0.2, 0.25) is 0 Å². The molecule has 0 aliphatic heterocycles. The molecule has 1 aromatic rings. The Labute approximate surface area is 113 Å². The molecule has 0 spiro atoms. The van der Waals surface area contributed by atoms with E-state index in [1.165, 1.54) is 0 Å². The second kappa shape index (κ2) is 6.99. The number of hydrogen-bond acceptors (Lipinski definition) is 5. The Hall–Kier alpha value is -1.75. The fraction of sp³-hybridized carbons (Fsp3) is 0.500. The van der Waals surface area contributed by atoms with E-state index < -0.39 is 0 Å². The van der Waals surface area contributed by atoms with Gasteiger partial charge >= 0.3 is 0 Å². The van der Waals surface area contributed by atoms with Crippen LogP contribution in [-0.2, 0) is 4.79 Å². The highest BCUT2D eigenvalue weighted by molar-refractivity contribution is 5.76. The SMILES string of the molecule is CNC(CC(C)=O)c1cc(OC)c(OC)cc1OC. The van der Waals surface area contributed by atoms with Crippen LogP contribution in [0.5, 0.6) is 17.2 Å². The van der Waals surface area contributed by atoms with Crippen molar-refractivity contribution in [2.75, 3.05) is 28.4 Å². The quantitative estimate of drug-likeness (QED) is 0.818. The van der Waals surface area contributed by atoms with Crippen LogP contribution >= 0.6 is 0 Å². The van der Waals surface area contributed by atoms with Crippen molar-refractivity contribution in [3.63, 3.8) is 0 Å². The van der Waals surface area contributed by atoms with Crippen LogP contribution in [0.1, 0.15) is 24.9 Å². The molecule has 1 rings (SSSR count). The average molecular weight is 267 g/mol. The Balaban J connectivity index is 3.26. The Kier molecular flexibility index (Phi) is 5.63. The molecule has 5 nitrogen and oxygen atoms in total. The molecule has 0 radical (unpaired) electrons. The number of Topliss-reactive ketones (excluding diaryl/α,β-unsaturated/α-hetero) is 1. The predicted octanol–water partition coefficient (Wildman–Crippen LogP) is 1.95. The van der Waals surface area contributed by atoms with Gasteiger partial charge in [0.15, 0.2) is 11.5 Å². The zero-order valence-electron chi connectivity index (χ0n) is 12.1. The number of benzene rings is 1. The fourth-order valence-electron chi connectivity index (χ4n) is 1.98. The smallest absolute Gasteiger partial charge is 0.164 e. The van der Waals surface area contributed by atoms with Crippen molar-refractivity contribution in [1.29, 1.82) is 0 Å². The van der Waals surface area contributed by atoms with Gasteiger partial charge in [0.05, 0.1) is 21.3 Å². The molecule has 0 amide bonds. The summed E-state index contributed by atoms with van der Waals surface area (Å²) in [6.07, 6.45) is 0.391. The molecule has 0 heterocycles. The largest absolute Gasteiger partial charge is 0.496 e. The van der Waals surface area contributed by atoms with Gasteiger partial charge in [-0.15, -0.1) is 0 Å². The lowest BCUT2D eigenvalue weighted by Gasteiger charge is -2.20. The summed E-state index contributed by atoms with van der Waals surface area (Å²) in [5.41, 5.74) is 0.873. The molecule has 106 valence electrons. The number of carbonyl (C=O) groups excluding carboxylic acids is 1.